The maximum atomic E-state index is 10.2. The third-order valence-corrected chi connectivity index (χ3v) is 0.776. The summed E-state index contributed by atoms with van der Waals surface area (Å²) < 4.78 is 0. The molecule has 0 saturated heterocycles. The second-order valence-electron chi connectivity index (χ2n) is 3.01. The van der Waals surface area contributed by atoms with E-state index >= 15 is 0 Å². The molecule has 0 bridgehead atoms. The van der Waals surface area contributed by atoms with Crippen molar-refractivity contribution in [3.63, 3.8) is 0 Å². The standard InChI is InChI=1S/C4H10N2O.3C2H4O2/c1-3(7)4(6)2-5;3*1-2(3)4/h4H,2,5-6H2,1H3;3*1H3,(H,3,4). The molecule has 0 aliphatic heterocycles. The van der Waals surface area contributed by atoms with E-state index in [1.54, 1.807) is 0 Å². The summed E-state index contributed by atoms with van der Waals surface area (Å²) in [5.41, 5.74) is 10.2. The molecule has 9 nitrogen and oxygen atoms in total. The van der Waals surface area contributed by atoms with Gasteiger partial charge in [0.2, 0.25) is 0 Å². The summed E-state index contributed by atoms with van der Waals surface area (Å²) in [6.07, 6.45) is 0. The smallest absolute Gasteiger partial charge is 0.300 e. The zero-order valence-corrected chi connectivity index (χ0v) is 11.4. The van der Waals surface area contributed by atoms with Crippen LogP contribution in [0.2, 0.25) is 0 Å². The molecular formula is C10H22N2O7. The highest BCUT2D eigenvalue weighted by Crippen LogP contribution is 1.72. The molecule has 0 aliphatic carbocycles. The van der Waals surface area contributed by atoms with E-state index in [9.17, 15) is 4.79 Å². The number of aliphatic carboxylic acids is 3. The van der Waals surface area contributed by atoms with Crippen LogP contribution in [-0.2, 0) is 19.2 Å². The second-order valence-corrected chi connectivity index (χ2v) is 3.01. The Hall–Kier alpha value is -2.00. The van der Waals surface area contributed by atoms with Gasteiger partial charge in [-0.25, -0.2) is 0 Å². The molecule has 0 saturated carbocycles. The molecule has 7 N–H and O–H groups in total. The SMILES string of the molecule is CC(=O)C(N)CN.CC(=O)O.CC(=O)O.CC(=O)O. The van der Waals surface area contributed by atoms with Crippen molar-refractivity contribution in [3.05, 3.63) is 0 Å². The van der Waals surface area contributed by atoms with Crippen molar-refractivity contribution in [2.75, 3.05) is 6.54 Å². The van der Waals surface area contributed by atoms with Gasteiger partial charge in [0, 0.05) is 27.3 Å². The number of carbonyl (C=O) groups excluding carboxylic acids is 1. The molecule has 0 aromatic carbocycles. The van der Waals surface area contributed by atoms with Gasteiger partial charge in [-0.3, -0.25) is 19.2 Å². The lowest BCUT2D eigenvalue weighted by Gasteiger charge is -1.99. The van der Waals surface area contributed by atoms with Gasteiger partial charge >= 0.3 is 0 Å². The molecule has 0 spiro atoms. The van der Waals surface area contributed by atoms with Crippen LogP contribution in [0.25, 0.3) is 0 Å². The summed E-state index contributed by atoms with van der Waals surface area (Å²) in [5.74, 6) is -2.55. The number of hydrogen-bond acceptors (Lipinski definition) is 6. The maximum absolute atomic E-state index is 10.2. The predicted octanol–water partition coefficient (Wildman–Crippen LogP) is -0.866. The number of ketones is 1. The number of carbonyl (C=O) groups is 4. The van der Waals surface area contributed by atoms with Crippen LogP contribution in [-0.4, -0.2) is 51.6 Å². The Bertz CT molecular complexity index is 239. The van der Waals surface area contributed by atoms with Crippen molar-refractivity contribution in [1.82, 2.24) is 0 Å². The third kappa shape index (κ3) is 196. The summed E-state index contributed by atoms with van der Waals surface area (Å²) in [7, 11) is 0. The van der Waals surface area contributed by atoms with E-state index in [4.69, 9.17) is 41.2 Å². The van der Waals surface area contributed by atoms with E-state index in [1.165, 1.54) is 6.92 Å². The van der Waals surface area contributed by atoms with Crippen molar-refractivity contribution in [3.8, 4) is 0 Å². The average Bonchev–Trinajstić information content (AvgIpc) is 2.13. The van der Waals surface area contributed by atoms with Gasteiger partial charge in [-0.2, -0.15) is 0 Å². The fourth-order valence-electron chi connectivity index (χ4n) is 0.166. The van der Waals surface area contributed by atoms with Gasteiger partial charge < -0.3 is 26.8 Å². The molecule has 0 aromatic rings. The Morgan fingerprint density at radius 3 is 1.00 bits per heavy atom. The average molecular weight is 282 g/mol. The summed E-state index contributed by atoms with van der Waals surface area (Å²) in [4.78, 5) is 37.2. The van der Waals surface area contributed by atoms with Crippen LogP contribution in [0.5, 0.6) is 0 Å². The molecule has 0 fully saturated rings. The summed E-state index contributed by atoms with van der Waals surface area (Å²) in [6, 6.07) is -0.458. The highest BCUT2D eigenvalue weighted by Gasteiger charge is 2.01. The minimum Gasteiger partial charge on any atom is -0.481 e. The molecule has 1 atom stereocenters. The zero-order valence-electron chi connectivity index (χ0n) is 11.4. The number of carboxylic acid groups (broad SMARTS) is 3. The molecule has 0 heterocycles. The Morgan fingerprint density at radius 1 is 0.842 bits per heavy atom. The molecule has 0 aliphatic rings. The first-order valence-electron chi connectivity index (χ1n) is 4.93. The first-order valence-corrected chi connectivity index (χ1v) is 4.93. The lowest BCUT2D eigenvalue weighted by Crippen LogP contribution is -2.35. The predicted molar refractivity (Wildman–Crippen MR) is 67.6 cm³/mol. The number of nitrogens with two attached hydrogens (primary N) is 2. The molecule has 0 radical (unpaired) electrons. The van der Waals surface area contributed by atoms with E-state index in [0.29, 0.717) is 0 Å². The van der Waals surface area contributed by atoms with Crippen molar-refractivity contribution in [1.29, 1.82) is 0 Å². The minimum absolute atomic E-state index is 0.0532. The fraction of sp³-hybridized carbons (Fsp3) is 0.600. The number of carboxylic acids is 3. The first-order chi connectivity index (χ1) is 8.38. The molecular weight excluding hydrogens is 260 g/mol. The quantitative estimate of drug-likeness (QED) is 0.430. The minimum atomic E-state index is -0.833. The van der Waals surface area contributed by atoms with E-state index in [-0.39, 0.29) is 12.3 Å². The number of Topliss-reactive ketones (excluding diaryl/α,β-unsaturated/α-hetero) is 1. The van der Waals surface area contributed by atoms with E-state index < -0.39 is 23.9 Å². The highest BCUT2D eigenvalue weighted by molar-refractivity contribution is 5.81. The molecule has 9 heteroatoms. The number of rotatable bonds is 2. The van der Waals surface area contributed by atoms with Crippen LogP contribution in [0.15, 0.2) is 0 Å². The van der Waals surface area contributed by atoms with Crippen LogP contribution in [0.4, 0.5) is 0 Å². The van der Waals surface area contributed by atoms with Crippen molar-refractivity contribution >= 4 is 23.7 Å². The van der Waals surface area contributed by atoms with Gasteiger partial charge in [-0.05, 0) is 6.92 Å². The first kappa shape index (κ1) is 25.8. The van der Waals surface area contributed by atoms with Crippen LogP contribution in [0.1, 0.15) is 27.7 Å². The van der Waals surface area contributed by atoms with Gasteiger partial charge in [0.05, 0.1) is 6.04 Å². The summed E-state index contributed by atoms with van der Waals surface area (Å²) in [6.45, 7) is 4.92. The van der Waals surface area contributed by atoms with Gasteiger partial charge in [0.15, 0.2) is 0 Å². The van der Waals surface area contributed by atoms with Crippen molar-refractivity contribution in [2.24, 2.45) is 11.5 Å². The summed E-state index contributed by atoms with van der Waals surface area (Å²) in [5, 5.41) is 22.2. The largest absolute Gasteiger partial charge is 0.481 e. The van der Waals surface area contributed by atoms with Crippen LogP contribution in [0.3, 0.4) is 0 Å². The molecule has 19 heavy (non-hydrogen) atoms. The van der Waals surface area contributed by atoms with Crippen LogP contribution in [0, 0.1) is 0 Å². The molecule has 0 aromatic heterocycles. The topological polar surface area (TPSA) is 181 Å². The van der Waals surface area contributed by atoms with E-state index in [2.05, 4.69) is 0 Å². The normalized spacial score (nSPS) is 8.95. The highest BCUT2D eigenvalue weighted by atomic mass is 16.4. The monoisotopic (exact) mass is 282 g/mol. The van der Waals surface area contributed by atoms with E-state index in [0.717, 1.165) is 20.8 Å². The summed E-state index contributed by atoms with van der Waals surface area (Å²) >= 11 is 0. The van der Waals surface area contributed by atoms with Gasteiger partial charge in [0.25, 0.3) is 17.9 Å². The second kappa shape index (κ2) is 18.4. The maximum Gasteiger partial charge on any atom is 0.300 e. The Balaban J connectivity index is -0.0000000825. The molecule has 114 valence electrons. The molecule has 1 unspecified atom stereocenters. The Labute approximate surface area is 111 Å². The fourth-order valence-corrected chi connectivity index (χ4v) is 0.166. The third-order valence-electron chi connectivity index (χ3n) is 0.776. The molecule has 0 rings (SSSR count). The molecule has 0 amide bonds. The van der Waals surface area contributed by atoms with Gasteiger partial charge in [-0.1, -0.05) is 0 Å². The Morgan fingerprint density at radius 2 is 1.00 bits per heavy atom. The van der Waals surface area contributed by atoms with Crippen molar-refractivity contribution < 1.29 is 34.5 Å². The van der Waals surface area contributed by atoms with Crippen LogP contribution < -0.4 is 11.5 Å². The zero-order chi connectivity index (χ0) is 16.6. The van der Waals surface area contributed by atoms with Gasteiger partial charge in [-0.15, -0.1) is 0 Å². The van der Waals surface area contributed by atoms with E-state index in [1.807, 2.05) is 0 Å². The van der Waals surface area contributed by atoms with Crippen LogP contribution >= 0.6 is 0 Å². The lowest BCUT2D eigenvalue weighted by molar-refractivity contribution is -0.135. The number of hydrogen-bond donors (Lipinski definition) is 5. The van der Waals surface area contributed by atoms with Crippen molar-refractivity contribution in [2.45, 2.75) is 33.7 Å². The lowest BCUT2D eigenvalue weighted by atomic mass is 10.2. The van der Waals surface area contributed by atoms with Gasteiger partial charge in [0.1, 0.15) is 5.78 Å². The Kier molecular flexibility index (Phi) is 24.9.